The first-order chi connectivity index (χ1) is 13.3. The van der Waals surface area contributed by atoms with Crippen LogP contribution < -0.4 is 4.74 Å². The van der Waals surface area contributed by atoms with Crippen molar-refractivity contribution in [3.05, 3.63) is 24.2 Å². The summed E-state index contributed by atoms with van der Waals surface area (Å²) in [5.41, 5.74) is 0.782. The Hall–Kier alpha value is -1.99. The largest absolute Gasteiger partial charge is 0.474 e. The number of aliphatic hydroxyl groups is 1. The number of pyridine rings is 1. The Balaban J connectivity index is 1.45. The van der Waals surface area contributed by atoms with Gasteiger partial charge in [-0.1, -0.05) is 11.6 Å². The van der Waals surface area contributed by atoms with E-state index in [-0.39, 0.29) is 12.7 Å². The fourth-order valence-electron chi connectivity index (χ4n) is 4.06. The van der Waals surface area contributed by atoms with Crippen molar-refractivity contribution in [3.63, 3.8) is 0 Å². The fraction of sp³-hybridized carbons (Fsp3) is 0.650. The number of hydrogen-bond acceptors (Lipinski definition) is 7. The second-order valence-electron chi connectivity index (χ2n) is 7.67. The molecule has 7 nitrogen and oxygen atoms in total. The van der Waals surface area contributed by atoms with Gasteiger partial charge in [0.05, 0.1) is 12.1 Å². The van der Waals surface area contributed by atoms with Crippen molar-refractivity contribution < 1.29 is 14.4 Å². The van der Waals surface area contributed by atoms with E-state index in [0.29, 0.717) is 30.1 Å². The third-order valence-electron chi connectivity index (χ3n) is 5.53. The lowest BCUT2D eigenvalue weighted by Crippen LogP contribution is -2.36. The average Bonchev–Trinajstić information content (AvgIpc) is 3.17. The molecule has 1 aliphatic heterocycles. The number of rotatable bonds is 6. The number of hydrogen-bond donors (Lipinski definition) is 1. The highest BCUT2D eigenvalue weighted by molar-refractivity contribution is 5.60. The standard InChI is InChI=1S/C20H28N4O3/c25-14-15-6-5-11-24(12-15)13-18-22-19(23-27-18)17-9-4-10-21-20(17)26-16-7-2-1-3-8-16/h4,9-10,15-16,25H,1-3,5-8,11-14H2/t15-/m0/s1. The van der Waals surface area contributed by atoms with Crippen LogP contribution in [-0.2, 0) is 6.54 Å². The maximum atomic E-state index is 9.39. The van der Waals surface area contributed by atoms with Crippen LogP contribution in [0.2, 0.25) is 0 Å². The van der Waals surface area contributed by atoms with E-state index in [1.54, 1.807) is 6.20 Å². The summed E-state index contributed by atoms with van der Waals surface area (Å²) in [7, 11) is 0. The molecule has 27 heavy (non-hydrogen) atoms. The van der Waals surface area contributed by atoms with E-state index in [1.807, 2.05) is 12.1 Å². The molecule has 3 heterocycles. The van der Waals surface area contributed by atoms with Gasteiger partial charge in [-0.15, -0.1) is 0 Å². The molecular weight excluding hydrogens is 344 g/mol. The van der Waals surface area contributed by atoms with Crippen LogP contribution in [0.5, 0.6) is 5.88 Å². The molecule has 1 aliphatic carbocycles. The first-order valence-corrected chi connectivity index (χ1v) is 10.1. The van der Waals surface area contributed by atoms with Crippen LogP contribution >= 0.6 is 0 Å². The predicted octanol–water partition coefficient (Wildman–Crippen LogP) is 3.05. The lowest BCUT2D eigenvalue weighted by Gasteiger charge is -2.30. The smallest absolute Gasteiger partial charge is 0.241 e. The van der Waals surface area contributed by atoms with Gasteiger partial charge < -0.3 is 14.4 Å². The van der Waals surface area contributed by atoms with E-state index in [2.05, 4.69) is 20.0 Å². The molecule has 1 saturated heterocycles. The van der Waals surface area contributed by atoms with Gasteiger partial charge in [-0.2, -0.15) is 4.98 Å². The summed E-state index contributed by atoms with van der Waals surface area (Å²) >= 11 is 0. The van der Waals surface area contributed by atoms with Crippen LogP contribution in [0.15, 0.2) is 22.9 Å². The minimum Gasteiger partial charge on any atom is -0.474 e. The highest BCUT2D eigenvalue weighted by Crippen LogP contribution is 2.29. The number of aliphatic hydroxyl groups excluding tert-OH is 1. The van der Waals surface area contributed by atoms with Crippen molar-refractivity contribution >= 4 is 0 Å². The maximum Gasteiger partial charge on any atom is 0.241 e. The van der Waals surface area contributed by atoms with Crippen LogP contribution in [0.3, 0.4) is 0 Å². The molecule has 146 valence electrons. The molecule has 2 fully saturated rings. The molecule has 2 aromatic rings. The maximum absolute atomic E-state index is 9.39. The topological polar surface area (TPSA) is 84.5 Å². The summed E-state index contributed by atoms with van der Waals surface area (Å²) in [6.07, 6.45) is 10.0. The van der Waals surface area contributed by atoms with Gasteiger partial charge in [0, 0.05) is 19.3 Å². The van der Waals surface area contributed by atoms with Crippen LogP contribution in [-0.4, -0.2) is 50.9 Å². The zero-order chi connectivity index (χ0) is 18.5. The lowest BCUT2D eigenvalue weighted by atomic mass is 9.98. The lowest BCUT2D eigenvalue weighted by molar-refractivity contribution is 0.107. The van der Waals surface area contributed by atoms with Crippen LogP contribution in [0.25, 0.3) is 11.4 Å². The summed E-state index contributed by atoms with van der Waals surface area (Å²) in [4.78, 5) is 11.3. The Bertz CT molecular complexity index is 730. The second kappa shape index (κ2) is 8.80. The number of aromatic nitrogens is 3. The minimum absolute atomic E-state index is 0.225. The molecule has 7 heteroatoms. The molecule has 1 atom stereocenters. The zero-order valence-electron chi connectivity index (χ0n) is 15.7. The van der Waals surface area contributed by atoms with Crippen LogP contribution in [0, 0.1) is 5.92 Å². The first-order valence-electron chi connectivity index (χ1n) is 10.1. The molecule has 2 aromatic heterocycles. The van der Waals surface area contributed by atoms with E-state index in [1.165, 1.54) is 19.3 Å². The fourth-order valence-corrected chi connectivity index (χ4v) is 4.06. The molecule has 0 amide bonds. The van der Waals surface area contributed by atoms with Gasteiger partial charge in [0.15, 0.2) is 0 Å². The zero-order valence-corrected chi connectivity index (χ0v) is 15.7. The summed E-state index contributed by atoms with van der Waals surface area (Å²) in [6, 6.07) is 3.80. The van der Waals surface area contributed by atoms with Crippen molar-refractivity contribution in [1.29, 1.82) is 0 Å². The Morgan fingerprint density at radius 2 is 2.07 bits per heavy atom. The molecule has 0 unspecified atom stereocenters. The molecular formula is C20H28N4O3. The molecule has 0 bridgehead atoms. The van der Waals surface area contributed by atoms with Crippen molar-refractivity contribution in [1.82, 2.24) is 20.0 Å². The van der Waals surface area contributed by atoms with E-state index < -0.39 is 0 Å². The van der Waals surface area contributed by atoms with Crippen molar-refractivity contribution in [2.24, 2.45) is 5.92 Å². The highest BCUT2D eigenvalue weighted by Gasteiger charge is 2.23. The molecule has 1 saturated carbocycles. The molecule has 0 aromatic carbocycles. The summed E-state index contributed by atoms with van der Waals surface area (Å²) in [5.74, 6) is 2.06. The van der Waals surface area contributed by atoms with E-state index in [9.17, 15) is 5.11 Å². The number of likely N-dealkylation sites (tertiary alicyclic amines) is 1. The monoisotopic (exact) mass is 372 g/mol. The molecule has 0 spiro atoms. The summed E-state index contributed by atoms with van der Waals surface area (Å²) in [6.45, 7) is 2.72. The Labute approximate surface area is 159 Å². The molecule has 4 rings (SSSR count). The second-order valence-corrected chi connectivity index (χ2v) is 7.67. The van der Waals surface area contributed by atoms with Crippen molar-refractivity contribution in [3.8, 4) is 17.3 Å². The number of nitrogens with zero attached hydrogens (tertiary/aromatic N) is 4. The summed E-state index contributed by atoms with van der Waals surface area (Å²) in [5, 5.41) is 13.6. The van der Waals surface area contributed by atoms with Crippen molar-refractivity contribution in [2.45, 2.75) is 57.6 Å². The number of ether oxygens (including phenoxy) is 1. The Kier molecular flexibility index (Phi) is 5.99. The van der Waals surface area contributed by atoms with Gasteiger partial charge in [0.2, 0.25) is 17.6 Å². The van der Waals surface area contributed by atoms with Gasteiger partial charge in [0.25, 0.3) is 0 Å². The average molecular weight is 372 g/mol. The first kappa shape index (κ1) is 18.4. The minimum atomic E-state index is 0.225. The van der Waals surface area contributed by atoms with E-state index >= 15 is 0 Å². The van der Waals surface area contributed by atoms with E-state index in [0.717, 1.165) is 44.3 Å². The summed E-state index contributed by atoms with van der Waals surface area (Å²) < 4.78 is 11.6. The van der Waals surface area contributed by atoms with Gasteiger partial charge in [-0.3, -0.25) is 4.90 Å². The normalized spacial score (nSPS) is 22.0. The van der Waals surface area contributed by atoms with Crippen LogP contribution in [0.4, 0.5) is 0 Å². The molecule has 1 N–H and O–H groups in total. The molecule has 2 aliphatic rings. The molecule has 0 radical (unpaired) electrons. The van der Waals surface area contributed by atoms with Gasteiger partial charge in [-0.25, -0.2) is 4.98 Å². The third kappa shape index (κ3) is 4.65. The highest BCUT2D eigenvalue weighted by atomic mass is 16.5. The quantitative estimate of drug-likeness (QED) is 0.834. The van der Waals surface area contributed by atoms with Crippen LogP contribution in [0.1, 0.15) is 50.8 Å². The third-order valence-corrected chi connectivity index (χ3v) is 5.53. The predicted molar refractivity (Wildman–Crippen MR) is 100 cm³/mol. The number of piperidine rings is 1. The SMILES string of the molecule is OC[C@H]1CCCN(Cc2nc(-c3cccnc3OC3CCCCC3)no2)C1. The van der Waals surface area contributed by atoms with Gasteiger partial charge in [0.1, 0.15) is 6.10 Å². The Morgan fingerprint density at radius 1 is 1.19 bits per heavy atom. The van der Waals surface area contributed by atoms with E-state index in [4.69, 9.17) is 9.26 Å². The van der Waals surface area contributed by atoms with Gasteiger partial charge in [-0.05, 0) is 63.1 Å². The van der Waals surface area contributed by atoms with Crippen molar-refractivity contribution in [2.75, 3.05) is 19.7 Å². The van der Waals surface area contributed by atoms with Gasteiger partial charge >= 0.3 is 0 Å². The Morgan fingerprint density at radius 3 is 2.93 bits per heavy atom.